The highest BCUT2D eigenvalue weighted by molar-refractivity contribution is 6.19. The Hall–Kier alpha value is -1.12. The fourth-order valence-electron chi connectivity index (χ4n) is 1.80. The predicted molar refractivity (Wildman–Crippen MR) is 42.7 cm³/mol. The average molecular weight is 164 g/mol. The van der Waals surface area contributed by atoms with Gasteiger partial charge in [0.2, 0.25) is 0 Å². The minimum absolute atomic E-state index is 0.185. The summed E-state index contributed by atoms with van der Waals surface area (Å²) >= 11 is 0. The van der Waals surface area contributed by atoms with Crippen LogP contribution in [0.2, 0.25) is 0 Å². The lowest BCUT2D eigenvalue weighted by Gasteiger charge is -2.08. The first-order valence-electron chi connectivity index (χ1n) is 4.13. The lowest BCUT2D eigenvalue weighted by atomic mass is 9.93. The molecular weight excluding hydrogens is 154 g/mol. The Morgan fingerprint density at radius 2 is 1.42 bits per heavy atom. The molecule has 0 aromatic rings. The molecule has 0 aromatic heterocycles. The van der Waals surface area contributed by atoms with Crippen molar-refractivity contribution in [1.82, 2.24) is 4.90 Å². The summed E-state index contributed by atoms with van der Waals surface area (Å²) in [6.07, 6.45) is 3.55. The lowest BCUT2D eigenvalue weighted by Crippen LogP contribution is -2.24. The van der Waals surface area contributed by atoms with Gasteiger partial charge in [0.15, 0.2) is 0 Å². The first-order valence-corrected chi connectivity index (χ1v) is 4.13. The van der Waals surface area contributed by atoms with E-state index in [4.69, 9.17) is 0 Å². The van der Waals surface area contributed by atoms with Crippen LogP contribution in [0, 0.1) is 7.05 Å². The largest absolute Gasteiger partial charge is 0.273 e. The molecule has 1 heterocycles. The summed E-state index contributed by atoms with van der Waals surface area (Å²) < 4.78 is 0. The van der Waals surface area contributed by atoms with Gasteiger partial charge in [0, 0.05) is 18.2 Å². The van der Waals surface area contributed by atoms with Crippen LogP contribution in [0.3, 0.4) is 0 Å². The molecule has 0 fully saturated rings. The molecule has 1 radical (unpaired) electrons. The van der Waals surface area contributed by atoms with Gasteiger partial charge in [0.1, 0.15) is 0 Å². The maximum atomic E-state index is 11.3. The highest BCUT2D eigenvalue weighted by Crippen LogP contribution is 2.32. The minimum atomic E-state index is -0.185. The van der Waals surface area contributed by atoms with Crippen molar-refractivity contribution >= 4 is 11.8 Å². The van der Waals surface area contributed by atoms with E-state index in [0.29, 0.717) is 11.1 Å². The average Bonchev–Trinajstić information content (AvgIpc) is 2.33. The molecule has 0 saturated heterocycles. The summed E-state index contributed by atoms with van der Waals surface area (Å²) in [6, 6.07) is 0. The summed E-state index contributed by atoms with van der Waals surface area (Å²) in [5.74, 6) is -0.371. The van der Waals surface area contributed by atoms with Crippen LogP contribution in [0.25, 0.3) is 0 Å². The van der Waals surface area contributed by atoms with E-state index < -0.39 is 0 Å². The molecule has 3 nitrogen and oxygen atoms in total. The van der Waals surface area contributed by atoms with E-state index in [1.165, 1.54) is 0 Å². The summed E-state index contributed by atoms with van der Waals surface area (Å²) in [5, 5.41) is 0. The fourth-order valence-corrected chi connectivity index (χ4v) is 1.80. The minimum Gasteiger partial charge on any atom is -0.273 e. The van der Waals surface area contributed by atoms with Crippen molar-refractivity contribution < 1.29 is 9.59 Å². The van der Waals surface area contributed by atoms with Crippen LogP contribution < -0.4 is 0 Å². The molecule has 0 aromatic carbocycles. The zero-order valence-electron chi connectivity index (χ0n) is 6.80. The molecule has 1 aliphatic carbocycles. The first-order chi connectivity index (χ1) is 5.72. The van der Waals surface area contributed by atoms with Crippen molar-refractivity contribution in [2.75, 3.05) is 0 Å². The standard InChI is InChI=1S/C9H10NO2/c1-10-8(11)6-4-2-3-5-7(6)9(10)12/h1-5H2. The van der Waals surface area contributed by atoms with Crippen LogP contribution in [-0.2, 0) is 9.59 Å². The van der Waals surface area contributed by atoms with Gasteiger partial charge in [-0.2, -0.15) is 0 Å². The van der Waals surface area contributed by atoms with Crippen molar-refractivity contribution in [2.24, 2.45) is 0 Å². The molecule has 0 atom stereocenters. The molecular formula is C9H10NO2. The zero-order valence-corrected chi connectivity index (χ0v) is 6.80. The molecule has 12 heavy (non-hydrogen) atoms. The second kappa shape index (κ2) is 2.44. The molecule has 0 bridgehead atoms. The van der Waals surface area contributed by atoms with Crippen LogP contribution in [0.1, 0.15) is 25.7 Å². The lowest BCUT2D eigenvalue weighted by molar-refractivity contribution is -0.134. The second-order valence-corrected chi connectivity index (χ2v) is 3.20. The van der Waals surface area contributed by atoms with E-state index >= 15 is 0 Å². The highest BCUT2D eigenvalue weighted by atomic mass is 16.2. The molecule has 0 unspecified atom stereocenters. The number of hydrogen-bond donors (Lipinski definition) is 0. The van der Waals surface area contributed by atoms with Crippen LogP contribution in [0.4, 0.5) is 0 Å². The molecule has 3 heteroatoms. The maximum absolute atomic E-state index is 11.3. The molecule has 0 saturated carbocycles. The number of nitrogens with zero attached hydrogens (tertiary/aromatic N) is 1. The van der Waals surface area contributed by atoms with Gasteiger partial charge in [0.05, 0.1) is 0 Å². The molecule has 2 aliphatic rings. The van der Waals surface area contributed by atoms with E-state index in [-0.39, 0.29) is 11.8 Å². The molecule has 0 N–H and O–H groups in total. The van der Waals surface area contributed by atoms with E-state index in [1.54, 1.807) is 0 Å². The van der Waals surface area contributed by atoms with Gasteiger partial charge in [-0.15, -0.1) is 0 Å². The van der Waals surface area contributed by atoms with Crippen molar-refractivity contribution in [1.29, 1.82) is 0 Å². The van der Waals surface area contributed by atoms with E-state index in [2.05, 4.69) is 7.05 Å². The summed E-state index contributed by atoms with van der Waals surface area (Å²) in [6.45, 7) is 0. The topological polar surface area (TPSA) is 37.4 Å². The first kappa shape index (κ1) is 7.53. The van der Waals surface area contributed by atoms with Crippen molar-refractivity contribution in [3.8, 4) is 0 Å². The van der Waals surface area contributed by atoms with Gasteiger partial charge in [-0.25, -0.2) is 0 Å². The zero-order chi connectivity index (χ0) is 8.72. The number of rotatable bonds is 0. The quantitative estimate of drug-likeness (QED) is 0.501. The Kier molecular flexibility index (Phi) is 1.53. The van der Waals surface area contributed by atoms with Gasteiger partial charge in [-0.05, 0) is 25.7 Å². The van der Waals surface area contributed by atoms with Crippen LogP contribution in [0.15, 0.2) is 11.1 Å². The molecule has 2 rings (SSSR count). The van der Waals surface area contributed by atoms with Gasteiger partial charge in [0.25, 0.3) is 11.8 Å². The van der Waals surface area contributed by atoms with Crippen LogP contribution in [0.5, 0.6) is 0 Å². The van der Waals surface area contributed by atoms with Crippen LogP contribution >= 0.6 is 0 Å². The number of hydrogen-bond acceptors (Lipinski definition) is 2. The smallest absolute Gasteiger partial charge is 0.257 e. The van der Waals surface area contributed by atoms with E-state index in [9.17, 15) is 9.59 Å². The fraction of sp³-hybridized carbons (Fsp3) is 0.444. The maximum Gasteiger partial charge on any atom is 0.257 e. The second-order valence-electron chi connectivity index (χ2n) is 3.20. The van der Waals surface area contributed by atoms with Crippen molar-refractivity contribution in [2.45, 2.75) is 25.7 Å². The number of carbonyl (C=O) groups excluding carboxylic acids is 2. The Morgan fingerprint density at radius 1 is 1.00 bits per heavy atom. The number of imide groups is 1. The van der Waals surface area contributed by atoms with Crippen molar-refractivity contribution in [3.63, 3.8) is 0 Å². The van der Waals surface area contributed by atoms with Crippen LogP contribution in [-0.4, -0.2) is 16.7 Å². The third kappa shape index (κ3) is 0.823. The van der Waals surface area contributed by atoms with Gasteiger partial charge in [-0.1, -0.05) is 0 Å². The normalized spacial score (nSPS) is 23.6. The Balaban J connectivity index is 2.41. The third-order valence-electron chi connectivity index (χ3n) is 2.47. The number of amides is 2. The van der Waals surface area contributed by atoms with E-state index in [1.807, 2.05) is 0 Å². The Labute approximate surface area is 71.0 Å². The predicted octanol–water partition coefficient (Wildman–Crippen LogP) is 1.02. The summed E-state index contributed by atoms with van der Waals surface area (Å²) in [4.78, 5) is 23.7. The Bertz CT molecular complexity index is 263. The number of carbonyl (C=O) groups is 2. The molecule has 63 valence electrons. The monoisotopic (exact) mass is 164 g/mol. The third-order valence-corrected chi connectivity index (χ3v) is 2.47. The Morgan fingerprint density at radius 3 is 1.83 bits per heavy atom. The van der Waals surface area contributed by atoms with E-state index in [0.717, 1.165) is 30.6 Å². The van der Waals surface area contributed by atoms with Gasteiger partial charge < -0.3 is 0 Å². The van der Waals surface area contributed by atoms with Gasteiger partial charge >= 0.3 is 0 Å². The summed E-state index contributed by atoms with van der Waals surface area (Å²) in [7, 11) is 3.42. The SMILES string of the molecule is [CH2]N1C(=O)C2=C(CCCC2)C1=O. The van der Waals surface area contributed by atoms with Gasteiger partial charge in [-0.3, -0.25) is 14.5 Å². The molecule has 1 aliphatic heterocycles. The molecule has 2 amide bonds. The highest BCUT2D eigenvalue weighted by Gasteiger charge is 2.36. The summed E-state index contributed by atoms with van der Waals surface area (Å²) in [5.41, 5.74) is 1.42. The van der Waals surface area contributed by atoms with Crippen molar-refractivity contribution in [3.05, 3.63) is 18.2 Å². The molecule has 0 spiro atoms.